The molecule has 0 aromatic carbocycles. The van der Waals surface area contributed by atoms with Crippen molar-refractivity contribution in [1.82, 2.24) is 0 Å². The van der Waals surface area contributed by atoms with Gasteiger partial charge in [0.2, 0.25) is 0 Å². The molecule has 0 fully saturated rings. The third-order valence-electron chi connectivity index (χ3n) is 1.13. The number of carbonyl (C=O) groups excluding carboxylic acids is 2. The van der Waals surface area contributed by atoms with Crippen LogP contribution in [0.1, 0.15) is 6.92 Å². The van der Waals surface area contributed by atoms with E-state index in [0.29, 0.717) is 0 Å². The summed E-state index contributed by atoms with van der Waals surface area (Å²) in [5.74, 6) is -3.70. The highest BCUT2D eigenvalue weighted by Gasteiger charge is 2.31. The molecule has 0 rings (SSSR count). The Morgan fingerprint density at radius 3 is 2.43 bits per heavy atom. The first-order valence-corrected chi connectivity index (χ1v) is 3.75. The molecule has 1 unspecified atom stereocenters. The van der Waals surface area contributed by atoms with E-state index in [1.807, 2.05) is 0 Å². The van der Waals surface area contributed by atoms with Crippen molar-refractivity contribution in [2.75, 3.05) is 6.61 Å². The van der Waals surface area contributed by atoms with Gasteiger partial charge in [-0.05, 0) is 6.92 Å². The highest BCUT2D eigenvalue weighted by Crippen LogP contribution is 1.97. The zero-order chi connectivity index (χ0) is 11.1. The molecule has 0 aliphatic rings. The molecule has 0 saturated heterocycles. The maximum Gasteiger partial charge on any atom is 0.359 e. The van der Waals surface area contributed by atoms with Gasteiger partial charge in [0.05, 0.1) is 6.61 Å². The fraction of sp³-hybridized carbons (Fsp3) is 0.375. The molecule has 0 bridgehead atoms. The molecule has 78 valence electrons. The number of carboxylic acid groups (broad SMARTS) is 1. The Labute approximate surface area is 80.1 Å². The van der Waals surface area contributed by atoms with E-state index in [-0.39, 0.29) is 6.61 Å². The van der Waals surface area contributed by atoms with Gasteiger partial charge in [-0.2, -0.15) is 0 Å². The fourth-order valence-electron chi connectivity index (χ4n) is 0.582. The van der Waals surface area contributed by atoms with E-state index in [2.05, 4.69) is 16.1 Å². The summed E-state index contributed by atoms with van der Waals surface area (Å²) < 4.78 is 8.62. The quantitative estimate of drug-likeness (QED) is 0.375. The number of rotatable bonds is 5. The number of carboxylic acids is 1. The second-order valence-electron chi connectivity index (χ2n) is 2.11. The maximum atomic E-state index is 10.9. The van der Waals surface area contributed by atoms with Crippen molar-refractivity contribution in [1.29, 1.82) is 0 Å². The first-order valence-electron chi connectivity index (χ1n) is 3.75. The van der Waals surface area contributed by atoms with Gasteiger partial charge in [-0.3, -0.25) is 0 Å². The number of hydrogen-bond donors (Lipinski definition) is 1. The van der Waals surface area contributed by atoms with Crippen LogP contribution >= 0.6 is 0 Å². The van der Waals surface area contributed by atoms with Crippen LogP contribution in [0, 0.1) is 0 Å². The first kappa shape index (κ1) is 12.2. The van der Waals surface area contributed by atoms with E-state index in [4.69, 9.17) is 5.11 Å². The van der Waals surface area contributed by atoms with Crippen molar-refractivity contribution < 1.29 is 29.0 Å². The predicted octanol–water partition coefficient (Wildman–Crippen LogP) is -0.268. The lowest BCUT2D eigenvalue weighted by molar-refractivity contribution is -0.175. The Bertz CT molecular complexity index is 257. The van der Waals surface area contributed by atoms with Crippen LogP contribution in [-0.4, -0.2) is 35.7 Å². The molecule has 0 aromatic rings. The molecule has 0 aliphatic carbocycles. The van der Waals surface area contributed by atoms with Gasteiger partial charge < -0.3 is 14.6 Å². The van der Waals surface area contributed by atoms with Gasteiger partial charge in [-0.1, -0.05) is 6.58 Å². The van der Waals surface area contributed by atoms with Gasteiger partial charge in [-0.15, -0.1) is 0 Å². The maximum absolute atomic E-state index is 10.9. The molecule has 6 heteroatoms. The lowest BCUT2D eigenvalue weighted by atomic mass is 10.3. The Morgan fingerprint density at radius 2 is 2.07 bits per heavy atom. The predicted molar refractivity (Wildman–Crippen MR) is 44.3 cm³/mol. The SMILES string of the molecule is C=CC(=O)OC(C(=O)O)C(=O)OCC. The minimum Gasteiger partial charge on any atom is -0.478 e. The van der Waals surface area contributed by atoms with Crippen molar-refractivity contribution in [3.63, 3.8) is 0 Å². The fourth-order valence-corrected chi connectivity index (χ4v) is 0.582. The Morgan fingerprint density at radius 1 is 1.50 bits per heavy atom. The third kappa shape index (κ3) is 3.70. The van der Waals surface area contributed by atoms with Crippen molar-refractivity contribution in [3.8, 4) is 0 Å². The average Bonchev–Trinajstić information content (AvgIpc) is 2.13. The van der Waals surface area contributed by atoms with Crippen molar-refractivity contribution >= 4 is 17.9 Å². The standard InChI is InChI=1S/C8H10O6/c1-3-5(9)14-6(7(10)11)8(12)13-4-2/h3,6H,1,4H2,2H3,(H,10,11). The van der Waals surface area contributed by atoms with E-state index in [1.165, 1.54) is 6.92 Å². The zero-order valence-corrected chi connectivity index (χ0v) is 7.56. The number of carbonyl (C=O) groups is 3. The largest absolute Gasteiger partial charge is 0.478 e. The van der Waals surface area contributed by atoms with E-state index >= 15 is 0 Å². The van der Waals surface area contributed by atoms with Crippen LogP contribution in [0.2, 0.25) is 0 Å². The molecule has 0 aliphatic heterocycles. The highest BCUT2D eigenvalue weighted by molar-refractivity contribution is 5.99. The van der Waals surface area contributed by atoms with Gasteiger partial charge in [0.15, 0.2) is 0 Å². The summed E-state index contributed by atoms with van der Waals surface area (Å²) in [5, 5.41) is 8.50. The van der Waals surface area contributed by atoms with Crippen LogP contribution < -0.4 is 0 Å². The lowest BCUT2D eigenvalue weighted by Crippen LogP contribution is -2.36. The molecule has 0 spiro atoms. The van der Waals surface area contributed by atoms with Crippen LogP contribution in [0.15, 0.2) is 12.7 Å². The van der Waals surface area contributed by atoms with Crippen LogP contribution in [0.5, 0.6) is 0 Å². The Balaban J connectivity index is 4.44. The number of esters is 2. The summed E-state index contributed by atoms with van der Waals surface area (Å²) in [6.45, 7) is 4.57. The van der Waals surface area contributed by atoms with E-state index in [0.717, 1.165) is 6.08 Å². The van der Waals surface area contributed by atoms with Crippen molar-refractivity contribution in [2.24, 2.45) is 0 Å². The molecule has 6 nitrogen and oxygen atoms in total. The Kier molecular flexibility index (Phi) is 4.98. The summed E-state index contributed by atoms with van der Waals surface area (Å²) >= 11 is 0. The summed E-state index contributed by atoms with van der Waals surface area (Å²) in [5.41, 5.74) is 0. The van der Waals surface area contributed by atoms with Crippen molar-refractivity contribution in [2.45, 2.75) is 13.0 Å². The monoisotopic (exact) mass is 202 g/mol. The molecular formula is C8H10O6. The summed E-state index contributed by atoms with van der Waals surface area (Å²) in [6.07, 6.45) is -1.17. The first-order chi connectivity index (χ1) is 6.52. The molecule has 0 amide bonds. The van der Waals surface area contributed by atoms with Gasteiger partial charge in [0.1, 0.15) is 0 Å². The van der Waals surface area contributed by atoms with Crippen molar-refractivity contribution in [3.05, 3.63) is 12.7 Å². The van der Waals surface area contributed by atoms with Crippen LogP contribution in [0.4, 0.5) is 0 Å². The smallest absolute Gasteiger partial charge is 0.359 e. The minimum atomic E-state index is -1.93. The van der Waals surface area contributed by atoms with Gasteiger partial charge in [0.25, 0.3) is 6.10 Å². The third-order valence-corrected chi connectivity index (χ3v) is 1.13. The lowest BCUT2D eigenvalue weighted by Gasteiger charge is -2.10. The molecule has 0 aromatic heterocycles. The molecule has 0 heterocycles. The normalized spacial score (nSPS) is 11.2. The van der Waals surface area contributed by atoms with Gasteiger partial charge in [-0.25, -0.2) is 14.4 Å². The molecule has 14 heavy (non-hydrogen) atoms. The second kappa shape index (κ2) is 5.74. The Hall–Kier alpha value is -1.85. The van der Waals surface area contributed by atoms with Crippen LogP contribution in [0.3, 0.4) is 0 Å². The number of aliphatic carboxylic acids is 1. The second-order valence-corrected chi connectivity index (χ2v) is 2.11. The topological polar surface area (TPSA) is 89.9 Å². The summed E-state index contributed by atoms with van der Waals surface area (Å²) in [7, 11) is 0. The number of hydrogen-bond acceptors (Lipinski definition) is 5. The number of ether oxygens (including phenoxy) is 2. The van der Waals surface area contributed by atoms with E-state index in [9.17, 15) is 14.4 Å². The van der Waals surface area contributed by atoms with Crippen LogP contribution in [0.25, 0.3) is 0 Å². The van der Waals surface area contributed by atoms with E-state index < -0.39 is 24.0 Å². The molecule has 0 saturated carbocycles. The molecule has 1 atom stereocenters. The van der Waals surface area contributed by atoms with Gasteiger partial charge >= 0.3 is 17.9 Å². The molecule has 1 N–H and O–H groups in total. The highest BCUT2D eigenvalue weighted by atomic mass is 16.6. The zero-order valence-electron chi connectivity index (χ0n) is 7.56. The molecule has 0 radical (unpaired) electrons. The molecular weight excluding hydrogens is 192 g/mol. The minimum absolute atomic E-state index is 0.00819. The summed E-state index contributed by atoms with van der Waals surface area (Å²) in [6, 6.07) is 0. The summed E-state index contributed by atoms with van der Waals surface area (Å²) in [4.78, 5) is 32.0. The average molecular weight is 202 g/mol. The van der Waals surface area contributed by atoms with E-state index in [1.54, 1.807) is 0 Å². The van der Waals surface area contributed by atoms with Gasteiger partial charge in [0, 0.05) is 6.08 Å². The van der Waals surface area contributed by atoms with Crippen LogP contribution in [-0.2, 0) is 23.9 Å².